The average molecular weight is 248 g/mol. The molecular weight excluding hydrogens is 220 g/mol. The maximum atomic E-state index is 9.00. The summed E-state index contributed by atoms with van der Waals surface area (Å²) in [4.78, 5) is 13.0. The minimum atomic E-state index is -0.833. The van der Waals surface area contributed by atoms with Crippen LogP contribution in [0.25, 0.3) is 0 Å². The fraction of sp³-hybridized carbons (Fsp3) is 0.923. The minimum absolute atomic E-state index is 0.496. The van der Waals surface area contributed by atoms with Crippen LogP contribution in [-0.4, -0.2) is 22.9 Å². The van der Waals surface area contributed by atoms with Gasteiger partial charge in [-0.05, 0) is 6.42 Å². The SMILES string of the molecule is CC(=O)O.CCCCCCCCCCCOO. The molecule has 0 aliphatic rings. The quantitative estimate of drug-likeness (QED) is 0.347. The normalized spacial score (nSPS) is 9.59. The van der Waals surface area contributed by atoms with Crippen molar-refractivity contribution in [3.63, 3.8) is 0 Å². The highest BCUT2D eigenvalue weighted by molar-refractivity contribution is 5.62. The lowest BCUT2D eigenvalue weighted by Gasteiger charge is -2.00. The van der Waals surface area contributed by atoms with Crippen LogP contribution >= 0.6 is 0 Å². The fourth-order valence-electron chi connectivity index (χ4n) is 1.48. The van der Waals surface area contributed by atoms with Crippen molar-refractivity contribution in [1.29, 1.82) is 0 Å². The van der Waals surface area contributed by atoms with Gasteiger partial charge in [-0.1, -0.05) is 58.3 Å². The van der Waals surface area contributed by atoms with E-state index in [1.54, 1.807) is 0 Å². The van der Waals surface area contributed by atoms with Gasteiger partial charge in [-0.3, -0.25) is 10.1 Å². The number of hydrogen-bond donors (Lipinski definition) is 2. The first-order valence-electron chi connectivity index (χ1n) is 6.61. The van der Waals surface area contributed by atoms with Crippen LogP contribution in [0.4, 0.5) is 0 Å². The summed E-state index contributed by atoms with van der Waals surface area (Å²) in [6, 6.07) is 0. The van der Waals surface area contributed by atoms with Crippen molar-refractivity contribution in [2.45, 2.75) is 71.6 Å². The van der Waals surface area contributed by atoms with E-state index in [9.17, 15) is 0 Å². The summed E-state index contributed by atoms with van der Waals surface area (Å²) in [5.74, 6) is -0.833. The standard InChI is InChI=1S/C11H24O2.C2H4O2/c1-2-3-4-5-6-7-8-9-10-11-13-12;1-2(3)4/h12H,2-11H2,1H3;1H3,(H,3,4). The molecule has 104 valence electrons. The van der Waals surface area contributed by atoms with E-state index in [1.165, 1.54) is 51.4 Å². The van der Waals surface area contributed by atoms with Crippen LogP contribution < -0.4 is 0 Å². The van der Waals surface area contributed by atoms with Gasteiger partial charge in [-0.25, -0.2) is 4.89 Å². The molecule has 17 heavy (non-hydrogen) atoms. The van der Waals surface area contributed by atoms with Crippen molar-refractivity contribution in [2.24, 2.45) is 0 Å². The Labute approximate surface area is 105 Å². The summed E-state index contributed by atoms with van der Waals surface area (Å²) in [6.45, 7) is 3.82. The van der Waals surface area contributed by atoms with E-state index in [2.05, 4.69) is 11.8 Å². The Morgan fingerprint density at radius 2 is 1.29 bits per heavy atom. The van der Waals surface area contributed by atoms with Crippen molar-refractivity contribution in [3.05, 3.63) is 0 Å². The highest BCUT2D eigenvalue weighted by Gasteiger charge is 1.91. The predicted molar refractivity (Wildman–Crippen MR) is 69.1 cm³/mol. The molecular formula is C13H28O4. The number of unbranched alkanes of at least 4 members (excludes halogenated alkanes) is 8. The summed E-state index contributed by atoms with van der Waals surface area (Å²) in [5.41, 5.74) is 0. The minimum Gasteiger partial charge on any atom is -0.481 e. The second kappa shape index (κ2) is 17.8. The number of rotatable bonds is 10. The molecule has 0 aromatic rings. The van der Waals surface area contributed by atoms with Crippen LogP contribution in [0.1, 0.15) is 71.6 Å². The maximum Gasteiger partial charge on any atom is 0.300 e. The third-order valence-corrected chi connectivity index (χ3v) is 2.34. The van der Waals surface area contributed by atoms with Gasteiger partial charge in [0.05, 0.1) is 6.61 Å². The summed E-state index contributed by atoms with van der Waals surface area (Å²) in [6.07, 6.45) is 11.7. The first-order chi connectivity index (χ1) is 8.15. The van der Waals surface area contributed by atoms with Crippen LogP contribution in [0.15, 0.2) is 0 Å². The Balaban J connectivity index is 0. The second-order valence-corrected chi connectivity index (χ2v) is 4.18. The highest BCUT2D eigenvalue weighted by Crippen LogP contribution is 2.09. The molecule has 0 spiro atoms. The summed E-state index contributed by atoms with van der Waals surface area (Å²) in [5, 5.41) is 15.5. The van der Waals surface area contributed by atoms with Gasteiger partial charge >= 0.3 is 0 Å². The number of aliphatic carboxylic acids is 1. The smallest absolute Gasteiger partial charge is 0.300 e. The molecule has 2 N–H and O–H groups in total. The lowest BCUT2D eigenvalue weighted by atomic mass is 10.1. The largest absolute Gasteiger partial charge is 0.481 e. The highest BCUT2D eigenvalue weighted by atomic mass is 17.1. The van der Waals surface area contributed by atoms with Gasteiger partial charge < -0.3 is 5.11 Å². The van der Waals surface area contributed by atoms with Crippen molar-refractivity contribution >= 4 is 5.97 Å². The van der Waals surface area contributed by atoms with Crippen molar-refractivity contribution in [2.75, 3.05) is 6.61 Å². The zero-order valence-electron chi connectivity index (χ0n) is 11.3. The third-order valence-electron chi connectivity index (χ3n) is 2.34. The second-order valence-electron chi connectivity index (χ2n) is 4.18. The number of carboxylic acid groups (broad SMARTS) is 1. The molecule has 4 nitrogen and oxygen atoms in total. The molecule has 0 aliphatic heterocycles. The molecule has 0 aromatic carbocycles. The Kier molecular flexibility index (Phi) is 19.6. The van der Waals surface area contributed by atoms with Gasteiger partial charge in [-0.15, -0.1) is 0 Å². The average Bonchev–Trinajstić information content (AvgIpc) is 2.26. The van der Waals surface area contributed by atoms with E-state index in [4.69, 9.17) is 15.2 Å². The molecule has 0 aromatic heterocycles. The molecule has 0 rings (SSSR count). The first-order valence-corrected chi connectivity index (χ1v) is 6.61. The van der Waals surface area contributed by atoms with Gasteiger partial charge in [0.25, 0.3) is 5.97 Å². The molecule has 4 heteroatoms. The lowest BCUT2D eigenvalue weighted by molar-refractivity contribution is -0.242. The van der Waals surface area contributed by atoms with Gasteiger partial charge in [-0.2, -0.15) is 0 Å². The summed E-state index contributed by atoms with van der Waals surface area (Å²) < 4.78 is 0. The molecule has 0 unspecified atom stereocenters. The van der Waals surface area contributed by atoms with E-state index >= 15 is 0 Å². The molecule has 0 amide bonds. The summed E-state index contributed by atoms with van der Waals surface area (Å²) in [7, 11) is 0. The number of hydrogen-bond acceptors (Lipinski definition) is 3. The van der Waals surface area contributed by atoms with Crippen LogP contribution in [0.5, 0.6) is 0 Å². The van der Waals surface area contributed by atoms with E-state index in [-0.39, 0.29) is 0 Å². The third kappa shape index (κ3) is 31.3. The predicted octanol–water partition coefficient (Wildman–Crippen LogP) is 4.10. The molecule has 0 bridgehead atoms. The zero-order chi connectivity index (χ0) is 13.4. The van der Waals surface area contributed by atoms with Crippen molar-refractivity contribution in [3.8, 4) is 0 Å². The molecule has 0 aliphatic carbocycles. The number of carbonyl (C=O) groups is 1. The van der Waals surface area contributed by atoms with Crippen LogP contribution in [0.3, 0.4) is 0 Å². The fourth-order valence-corrected chi connectivity index (χ4v) is 1.48. The van der Waals surface area contributed by atoms with E-state index < -0.39 is 5.97 Å². The lowest BCUT2D eigenvalue weighted by Crippen LogP contribution is -1.88. The maximum absolute atomic E-state index is 9.00. The molecule has 0 heterocycles. The Morgan fingerprint density at radius 3 is 1.65 bits per heavy atom. The zero-order valence-corrected chi connectivity index (χ0v) is 11.3. The molecule has 0 saturated heterocycles. The van der Waals surface area contributed by atoms with Crippen LogP contribution in [0.2, 0.25) is 0 Å². The van der Waals surface area contributed by atoms with E-state index in [0.717, 1.165) is 13.3 Å². The number of carboxylic acids is 1. The molecule has 0 saturated carbocycles. The Hall–Kier alpha value is -0.610. The summed E-state index contributed by atoms with van der Waals surface area (Å²) >= 11 is 0. The Bertz CT molecular complexity index is 134. The first kappa shape index (κ1) is 18.7. The molecule has 0 radical (unpaired) electrons. The Morgan fingerprint density at radius 1 is 0.941 bits per heavy atom. The van der Waals surface area contributed by atoms with Crippen molar-refractivity contribution < 1.29 is 20.0 Å². The van der Waals surface area contributed by atoms with Gasteiger partial charge in [0.15, 0.2) is 0 Å². The van der Waals surface area contributed by atoms with Gasteiger partial charge in [0.2, 0.25) is 0 Å². The van der Waals surface area contributed by atoms with E-state index in [1.807, 2.05) is 0 Å². The van der Waals surface area contributed by atoms with Gasteiger partial charge in [0.1, 0.15) is 0 Å². The topological polar surface area (TPSA) is 66.8 Å². The van der Waals surface area contributed by atoms with E-state index in [0.29, 0.717) is 6.61 Å². The van der Waals surface area contributed by atoms with Crippen LogP contribution in [0, 0.1) is 0 Å². The van der Waals surface area contributed by atoms with Gasteiger partial charge in [0, 0.05) is 6.92 Å². The molecule has 0 atom stereocenters. The van der Waals surface area contributed by atoms with Crippen molar-refractivity contribution in [1.82, 2.24) is 0 Å². The monoisotopic (exact) mass is 248 g/mol. The van der Waals surface area contributed by atoms with Crippen LogP contribution in [-0.2, 0) is 9.68 Å². The molecule has 0 fully saturated rings.